The first-order valence-corrected chi connectivity index (χ1v) is 28.3. The van der Waals surface area contributed by atoms with Crippen molar-refractivity contribution in [1.29, 1.82) is 0 Å². The summed E-state index contributed by atoms with van der Waals surface area (Å²) >= 11 is 0. The fraction of sp³-hybridized carbons (Fsp3) is 0.879. The maximum absolute atomic E-state index is 12.5. The molecule has 0 bridgehead atoms. The monoisotopic (exact) mass is 886 g/mol. The van der Waals surface area contributed by atoms with Gasteiger partial charge >= 0.3 is 0 Å². The van der Waals surface area contributed by atoms with E-state index in [1.54, 1.807) is 6.08 Å². The quantitative estimate of drug-likeness (QED) is 0.0362. The molecule has 0 fully saturated rings. The molecule has 372 valence electrons. The van der Waals surface area contributed by atoms with Crippen LogP contribution in [0.4, 0.5) is 0 Å². The van der Waals surface area contributed by atoms with Crippen molar-refractivity contribution in [3.05, 3.63) is 36.5 Å². The molecule has 0 aromatic rings. The van der Waals surface area contributed by atoms with Crippen LogP contribution in [-0.2, 0) is 4.79 Å². The van der Waals surface area contributed by atoms with Crippen molar-refractivity contribution in [1.82, 2.24) is 5.32 Å². The highest BCUT2D eigenvalue weighted by molar-refractivity contribution is 5.76. The largest absolute Gasteiger partial charge is 0.394 e. The molecule has 0 rings (SSSR count). The van der Waals surface area contributed by atoms with E-state index in [1.165, 1.54) is 238 Å². The number of aliphatic hydroxyl groups excluding tert-OH is 3. The summed E-state index contributed by atoms with van der Waals surface area (Å²) in [7, 11) is 0. The van der Waals surface area contributed by atoms with Crippen molar-refractivity contribution in [3.63, 3.8) is 0 Å². The molecule has 0 radical (unpaired) electrons. The first-order chi connectivity index (χ1) is 31.0. The van der Waals surface area contributed by atoms with Gasteiger partial charge in [0.05, 0.1) is 31.3 Å². The lowest BCUT2D eigenvalue weighted by Gasteiger charge is -2.21. The Morgan fingerprint density at radius 2 is 0.683 bits per heavy atom. The highest BCUT2D eigenvalue weighted by atomic mass is 16.3. The normalized spacial score (nSPS) is 13.5. The summed E-state index contributed by atoms with van der Waals surface area (Å²) in [6.07, 6.45) is 69.3. The second-order valence-electron chi connectivity index (χ2n) is 19.5. The minimum atomic E-state index is -0.958. The van der Waals surface area contributed by atoms with Gasteiger partial charge < -0.3 is 20.6 Å². The van der Waals surface area contributed by atoms with Gasteiger partial charge in [-0.15, -0.1) is 0 Å². The van der Waals surface area contributed by atoms with Crippen molar-refractivity contribution >= 4 is 5.91 Å². The number of aliphatic hydroxyl groups is 3. The Hall–Kier alpha value is -1.43. The number of rotatable bonds is 52. The van der Waals surface area contributed by atoms with Crippen LogP contribution >= 0.6 is 0 Å². The van der Waals surface area contributed by atoms with E-state index in [0.29, 0.717) is 6.42 Å². The summed E-state index contributed by atoms with van der Waals surface area (Å²) in [6, 6.07) is -0.765. The van der Waals surface area contributed by atoms with Crippen LogP contribution < -0.4 is 5.32 Å². The Morgan fingerprint density at radius 3 is 1.02 bits per heavy atom. The zero-order valence-electron chi connectivity index (χ0n) is 42.5. The average Bonchev–Trinajstić information content (AvgIpc) is 3.28. The van der Waals surface area contributed by atoms with Crippen molar-refractivity contribution in [2.45, 2.75) is 321 Å². The summed E-state index contributed by atoms with van der Waals surface area (Å²) in [6.45, 7) is 4.18. The zero-order chi connectivity index (χ0) is 45.8. The molecular weight excluding hydrogens is 775 g/mol. The molecule has 3 atom stereocenters. The summed E-state index contributed by atoms with van der Waals surface area (Å²) < 4.78 is 0. The van der Waals surface area contributed by atoms with Gasteiger partial charge in [-0.1, -0.05) is 288 Å². The van der Waals surface area contributed by atoms with E-state index in [2.05, 4.69) is 43.5 Å². The van der Waals surface area contributed by atoms with Gasteiger partial charge in [0.25, 0.3) is 0 Å². The van der Waals surface area contributed by atoms with E-state index in [4.69, 9.17) is 0 Å². The van der Waals surface area contributed by atoms with E-state index < -0.39 is 18.2 Å². The molecule has 0 aliphatic carbocycles. The maximum atomic E-state index is 12.5. The van der Waals surface area contributed by atoms with Crippen LogP contribution in [0, 0.1) is 0 Å². The molecule has 5 heteroatoms. The van der Waals surface area contributed by atoms with Crippen molar-refractivity contribution in [2.24, 2.45) is 0 Å². The first-order valence-electron chi connectivity index (χ1n) is 28.3. The van der Waals surface area contributed by atoms with Gasteiger partial charge in [0.2, 0.25) is 5.91 Å². The Balaban J connectivity index is 3.46. The van der Waals surface area contributed by atoms with Crippen molar-refractivity contribution in [3.8, 4) is 0 Å². The average molecular weight is 887 g/mol. The molecule has 1 amide bonds. The standard InChI is InChI=1S/C58H111NO4/c1-3-5-7-9-11-13-15-17-18-19-20-21-22-23-24-25-26-27-28-29-30-31-32-33-34-35-36-37-38-40-41-43-45-47-49-51-55(61)53-58(63)59-56(54-60)57(62)52-50-48-46-44-42-39-16-14-12-10-8-6-4-2/h12,14,42,44,50,52,55-57,60-62H,3-11,13,15-41,43,45-49,51,53-54H2,1-2H3,(H,59,63)/b14-12+,44-42+,52-50+. The number of amides is 1. The van der Waals surface area contributed by atoms with Gasteiger partial charge in [0.15, 0.2) is 0 Å². The summed E-state index contributed by atoms with van der Waals surface area (Å²) in [5.41, 5.74) is 0. The second-order valence-corrected chi connectivity index (χ2v) is 19.5. The third-order valence-corrected chi connectivity index (χ3v) is 13.2. The van der Waals surface area contributed by atoms with Crippen LogP contribution in [-0.4, -0.2) is 46.1 Å². The summed E-state index contributed by atoms with van der Waals surface area (Å²) in [5.74, 6) is -0.326. The van der Waals surface area contributed by atoms with Gasteiger partial charge in [-0.3, -0.25) is 4.79 Å². The van der Waals surface area contributed by atoms with E-state index in [1.807, 2.05) is 6.08 Å². The van der Waals surface area contributed by atoms with Gasteiger partial charge in [-0.2, -0.15) is 0 Å². The van der Waals surface area contributed by atoms with E-state index in [0.717, 1.165) is 38.5 Å². The van der Waals surface area contributed by atoms with Gasteiger partial charge in [0.1, 0.15) is 0 Å². The Bertz CT molecular complexity index is 978. The number of hydrogen-bond donors (Lipinski definition) is 4. The molecular formula is C58H111NO4. The SMILES string of the molecule is CCCCC/C=C/CC/C=C/CC/C=C/C(O)C(CO)NC(=O)CC(O)CCCCCCCCCCCCCCCCCCCCCCCCCCCCCCCCCCCCC. The molecule has 0 aliphatic rings. The topological polar surface area (TPSA) is 89.8 Å². The molecule has 0 heterocycles. The van der Waals surface area contributed by atoms with Crippen LogP contribution in [0.1, 0.15) is 303 Å². The van der Waals surface area contributed by atoms with Crippen LogP contribution in [0.2, 0.25) is 0 Å². The molecule has 0 aliphatic heterocycles. The highest BCUT2D eigenvalue weighted by Crippen LogP contribution is 2.18. The van der Waals surface area contributed by atoms with E-state index in [-0.39, 0.29) is 18.9 Å². The zero-order valence-corrected chi connectivity index (χ0v) is 42.5. The predicted molar refractivity (Wildman–Crippen MR) is 278 cm³/mol. The van der Waals surface area contributed by atoms with Crippen LogP contribution in [0.3, 0.4) is 0 Å². The van der Waals surface area contributed by atoms with E-state index >= 15 is 0 Å². The molecule has 3 unspecified atom stereocenters. The third-order valence-electron chi connectivity index (χ3n) is 13.2. The number of hydrogen-bond acceptors (Lipinski definition) is 4. The van der Waals surface area contributed by atoms with Crippen LogP contribution in [0.15, 0.2) is 36.5 Å². The smallest absolute Gasteiger partial charge is 0.222 e. The minimum absolute atomic E-state index is 0.00528. The second kappa shape index (κ2) is 53.2. The molecule has 0 aromatic carbocycles. The van der Waals surface area contributed by atoms with Gasteiger partial charge in [0, 0.05) is 0 Å². The fourth-order valence-electron chi connectivity index (χ4n) is 8.85. The molecule has 0 aromatic heterocycles. The number of carbonyl (C=O) groups excluding carboxylic acids is 1. The Morgan fingerprint density at radius 1 is 0.397 bits per heavy atom. The molecule has 0 saturated carbocycles. The molecule has 0 saturated heterocycles. The van der Waals surface area contributed by atoms with E-state index in [9.17, 15) is 20.1 Å². The lowest BCUT2D eigenvalue weighted by molar-refractivity contribution is -0.124. The van der Waals surface area contributed by atoms with Crippen LogP contribution in [0.5, 0.6) is 0 Å². The predicted octanol–water partition coefficient (Wildman–Crippen LogP) is 17.4. The fourth-order valence-corrected chi connectivity index (χ4v) is 8.85. The molecule has 0 spiro atoms. The third kappa shape index (κ3) is 49.8. The molecule has 5 nitrogen and oxygen atoms in total. The number of unbranched alkanes of at least 4 members (excludes halogenated alkanes) is 39. The van der Waals surface area contributed by atoms with Gasteiger partial charge in [-0.25, -0.2) is 0 Å². The lowest BCUT2D eigenvalue weighted by Crippen LogP contribution is -2.45. The number of nitrogens with one attached hydrogen (secondary N) is 1. The Kier molecular flexibility index (Phi) is 52.0. The molecule has 63 heavy (non-hydrogen) atoms. The van der Waals surface area contributed by atoms with Crippen molar-refractivity contribution < 1.29 is 20.1 Å². The number of carbonyl (C=O) groups is 1. The molecule has 4 N–H and O–H groups in total. The summed E-state index contributed by atoms with van der Waals surface area (Å²) in [5, 5.41) is 33.3. The maximum Gasteiger partial charge on any atom is 0.222 e. The van der Waals surface area contributed by atoms with Crippen LogP contribution in [0.25, 0.3) is 0 Å². The minimum Gasteiger partial charge on any atom is -0.394 e. The summed E-state index contributed by atoms with van der Waals surface area (Å²) in [4.78, 5) is 12.5. The highest BCUT2D eigenvalue weighted by Gasteiger charge is 2.20. The Labute approximate surface area is 394 Å². The number of allylic oxidation sites excluding steroid dienone is 5. The first kappa shape index (κ1) is 61.6. The van der Waals surface area contributed by atoms with Gasteiger partial charge in [-0.05, 0) is 44.9 Å². The van der Waals surface area contributed by atoms with Crippen molar-refractivity contribution in [2.75, 3.05) is 6.61 Å². The lowest BCUT2D eigenvalue weighted by atomic mass is 10.0.